The number of methoxy groups -OCH3 is 1. The third-order valence-corrected chi connectivity index (χ3v) is 2.57. The van der Waals surface area contributed by atoms with Crippen LogP contribution in [0.2, 0.25) is 0 Å². The highest BCUT2D eigenvalue weighted by atomic mass is 16.5. The molecule has 0 saturated carbocycles. The Labute approximate surface area is 118 Å². The van der Waals surface area contributed by atoms with E-state index in [1.165, 1.54) is 7.11 Å². The number of aliphatic hydroxyl groups excluding tert-OH is 1. The van der Waals surface area contributed by atoms with Gasteiger partial charge in [-0.2, -0.15) is 0 Å². The Balaban J connectivity index is 2.76. The fourth-order valence-electron chi connectivity index (χ4n) is 1.65. The molecule has 1 aromatic carbocycles. The highest BCUT2D eigenvalue weighted by molar-refractivity contribution is 5.74. The summed E-state index contributed by atoms with van der Waals surface area (Å²) in [6.45, 7) is 5.89. The third-order valence-electron chi connectivity index (χ3n) is 2.57. The first kappa shape index (κ1) is 16.0. The first-order chi connectivity index (χ1) is 9.62. The van der Waals surface area contributed by atoms with Crippen molar-refractivity contribution in [3.63, 3.8) is 0 Å². The summed E-state index contributed by atoms with van der Waals surface area (Å²) in [5.74, 6) is 0.501. The van der Waals surface area contributed by atoms with E-state index in [0.717, 1.165) is 5.56 Å². The lowest BCUT2D eigenvalue weighted by Crippen LogP contribution is -2.25. The van der Waals surface area contributed by atoms with Gasteiger partial charge >= 0.3 is 5.97 Å². The van der Waals surface area contributed by atoms with E-state index in [9.17, 15) is 9.90 Å². The van der Waals surface area contributed by atoms with Crippen molar-refractivity contribution in [3.8, 4) is 11.5 Å². The van der Waals surface area contributed by atoms with Crippen molar-refractivity contribution in [1.29, 1.82) is 0 Å². The Bertz CT molecular complexity index is 456. The number of benzene rings is 1. The summed E-state index contributed by atoms with van der Waals surface area (Å²) in [6.07, 6.45) is 0.619. The van der Waals surface area contributed by atoms with E-state index in [1.807, 2.05) is 0 Å². The molecule has 0 amide bonds. The summed E-state index contributed by atoms with van der Waals surface area (Å²) in [6, 6.07) is 5.22. The summed E-state index contributed by atoms with van der Waals surface area (Å²) in [7, 11) is 1.53. The maximum Gasteiger partial charge on any atom is 0.335 e. The van der Waals surface area contributed by atoms with Crippen molar-refractivity contribution in [3.05, 3.63) is 36.4 Å². The molecule has 5 nitrogen and oxygen atoms in total. The van der Waals surface area contributed by atoms with Crippen LogP contribution in [0.1, 0.15) is 12.5 Å². The van der Waals surface area contributed by atoms with Gasteiger partial charge in [0.1, 0.15) is 6.61 Å². The molecule has 20 heavy (non-hydrogen) atoms. The quantitative estimate of drug-likeness (QED) is 0.580. The summed E-state index contributed by atoms with van der Waals surface area (Å²) in [4.78, 5) is 11.4. The molecule has 1 aromatic rings. The molecule has 5 heteroatoms. The van der Waals surface area contributed by atoms with Crippen molar-refractivity contribution in [2.45, 2.75) is 19.4 Å². The van der Waals surface area contributed by atoms with Crippen molar-refractivity contribution in [2.24, 2.45) is 0 Å². The van der Waals surface area contributed by atoms with E-state index >= 15 is 0 Å². The number of esters is 1. The van der Waals surface area contributed by atoms with Crippen LogP contribution in [0.25, 0.3) is 0 Å². The average Bonchev–Trinajstić information content (AvgIpc) is 2.45. The average molecular weight is 280 g/mol. The Morgan fingerprint density at radius 1 is 1.45 bits per heavy atom. The van der Waals surface area contributed by atoms with Gasteiger partial charge in [-0.1, -0.05) is 18.7 Å². The smallest absolute Gasteiger partial charge is 0.335 e. The second-order valence-corrected chi connectivity index (χ2v) is 4.06. The monoisotopic (exact) mass is 280 g/mol. The zero-order valence-corrected chi connectivity index (χ0v) is 11.8. The largest absolute Gasteiger partial charge is 0.493 e. The van der Waals surface area contributed by atoms with Crippen LogP contribution in [0.5, 0.6) is 11.5 Å². The van der Waals surface area contributed by atoms with Crippen LogP contribution in [0.3, 0.4) is 0 Å². The Hall–Kier alpha value is -2.01. The van der Waals surface area contributed by atoms with Gasteiger partial charge in [-0.3, -0.25) is 0 Å². The Kier molecular flexibility index (Phi) is 6.59. The molecule has 0 radical (unpaired) electrons. The number of carbonyl (C=O) groups is 1. The van der Waals surface area contributed by atoms with Crippen molar-refractivity contribution in [2.75, 3.05) is 20.3 Å². The van der Waals surface area contributed by atoms with Crippen LogP contribution >= 0.6 is 0 Å². The number of ether oxygens (including phenoxy) is 3. The molecule has 1 unspecified atom stereocenters. The predicted octanol–water partition coefficient (Wildman–Crippen LogP) is 1.73. The standard InChI is InChI=1S/C15H20O5/c1-4-8-20-13-7-6-11(10-14(13)18-3)9-12(16)15(17)19-5-2/h4,6-7,10,12,16H,1,5,8-9H2,2-3H3. The van der Waals surface area contributed by atoms with E-state index < -0.39 is 12.1 Å². The van der Waals surface area contributed by atoms with E-state index in [0.29, 0.717) is 18.1 Å². The minimum absolute atomic E-state index is 0.164. The first-order valence-electron chi connectivity index (χ1n) is 6.37. The number of aliphatic hydroxyl groups is 1. The van der Waals surface area contributed by atoms with Gasteiger partial charge in [-0.25, -0.2) is 4.79 Å². The second kappa shape index (κ2) is 8.22. The van der Waals surface area contributed by atoms with Crippen LogP contribution in [-0.2, 0) is 16.0 Å². The molecule has 110 valence electrons. The molecule has 0 heterocycles. The van der Waals surface area contributed by atoms with Crippen LogP contribution in [0.15, 0.2) is 30.9 Å². The fraction of sp³-hybridized carbons (Fsp3) is 0.400. The highest BCUT2D eigenvalue weighted by Gasteiger charge is 2.17. The normalized spacial score (nSPS) is 11.6. The van der Waals surface area contributed by atoms with E-state index in [1.54, 1.807) is 31.2 Å². The molecular weight excluding hydrogens is 260 g/mol. The molecule has 0 fully saturated rings. The number of carbonyl (C=O) groups excluding carboxylic acids is 1. The predicted molar refractivity (Wildman–Crippen MR) is 75.0 cm³/mol. The zero-order valence-electron chi connectivity index (χ0n) is 11.8. The summed E-state index contributed by atoms with van der Waals surface area (Å²) >= 11 is 0. The molecule has 0 aliphatic rings. The SMILES string of the molecule is C=CCOc1ccc(CC(O)C(=O)OCC)cc1OC. The summed E-state index contributed by atoms with van der Waals surface area (Å²) < 4.78 is 15.4. The number of hydrogen-bond acceptors (Lipinski definition) is 5. The molecule has 0 spiro atoms. The molecule has 1 rings (SSSR count). The van der Waals surface area contributed by atoms with Crippen LogP contribution < -0.4 is 9.47 Å². The molecule has 1 atom stereocenters. The van der Waals surface area contributed by atoms with Gasteiger partial charge < -0.3 is 19.3 Å². The lowest BCUT2D eigenvalue weighted by Gasteiger charge is -2.13. The second-order valence-electron chi connectivity index (χ2n) is 4.06. The third kappa shape index (κ3) is 4.59. The van der Waals surface area contributed by atoms with E-state index in [-0.39, 0.29) is 13.0 Å². The fourth-order valence-corrected chi connectivity index (χ4v) is 1.65. The topological polar surface area (TPSA) is 65.0 Å². The zero-order chi connectivity index (χ0) is 15.0. The summed E-state index contributed by atoms with van der Waals surface area (Å²) in [5, 5.41) is 9.72. The van der Waals surface area contributed by atoms with Crippen molar-refractivity contribution < 1.29 is 24.1 Å². The molecule has 0 aliphatic heterocycles. The van der Waals surface area contributed by atoms with Crippen molar-refractivity contribution >= 4 is 5.97 Å². The van der Waals surface area contributed by atoms with E-state index in [2.05, 4.69) is 6.58 Å². The minimum Gasteiger partial charge on any atom is -0.493 e. The lowest BCUT2D eigenvalue weighted by atomic mass is 10.1. The molecule has 0 saturated heterocycles. The van der Waals surface area contributed by atoms with Crippen molar-refractivity contribution in [1.82, 2.24) is 0 Å². The van der Waals surface area contributed by atoms with Gasteiger partial charge in [0.05, 0.1) is 13.7 Å². The van der Waals surface area contributed by atoms with E-state index in [4.69, 9.17) is 14.2 Å². The van der Waals surface area contributed by atoms with Crippen LogP contribution in [0, 0.1) is 0 Å². The summed E-state index contributed by atoms with van der Waals surface area (Å²) in [5.41, 5.74) is 0.758. The molecule has 1 N–H and O–H groups in total. The maximum absolute atomic E-state index is 11.4. The number of hydrogen-bond donors (Lipinski definition) is 1. The highest BCUT2D eigenvalue weighted by Crippen LogP contribution is 2.28. The molecule has 0 aliphatic carbocycles. The minimum atomic E-state index is -1.18. The Morgan fingerprint density at radius 2 is 2.20 bits per heavy atom. The van der Waals surface area contributed by atoms with Gasteiger partial charge in [0, 0.05) is 6.42 Å². The Morgan fingerprint density at radius 3 is 2.80 bits per heavy atom. The molecular formula is C15H20O5. The van der Waals surface area contributed by atoms with Gasteiger partial charge in [0.25, 0.3) is 0 Å². The molecule has 0 bridgehead atoms. The van der Waals surface area contributed by atoms with Gasteiger partial charge in [-0.05, 0) is 24.6 Å². The lowest BCUT2D eigenvalue weighted by molar-refractivity contribution is -0.152. The molecule has 0 aromatic heterocycles. The first-order valence-corrected chi connectivity index (χ1v) is 6.37. The van der Waals surface area contributed by atoms with Crippen LogP contribution in [0.4, 0.5) is 0 Å². The van der Waals surface area contributed by atoms with Gasteiger partial charge in [-0.15, -0.1) is 0 Å². The van der Waals surface area contributed by atoms with Crippen LogP contribution in [-0.4, -0.2) is 37.5 Å². The van der Waals surface area contributed by atoms with Gasteiger partial charge in [0.15, 0.2) is 17.6 Å². The maximum atomic E-state index is 11.4. The van der Waals surface area contributed by atoms with Gasteiger partial charge in [0.2, 0.25) is 0 Å². The number of rotatable bonds is 8.